The third-order valence-corrected chi connectivity index (χ3v) is 3.56. The minimum absolute atomic E-state index is 0.0373. The van der Waals surface area contributed by atoms with Crippen molar-refractivity contribution in [2.75, 3.05) is 13.3 Å². The highest BCUT2D eigenvalue weighted by Crippen LogP contribution is 2.32. The zero-order valence-corrected chi connectivity index (χ0v) is 13.8. The molecule has 0 aromatic carbocycles. The maximum absolute atomic E-state index is 12.3. The molecule has 0 unspecified atom stereocenters. The van der Waals surface area contributed by atoms with E-state index in [2.05, 4.69) is 20.1 Å². The van der Waals surface area contributed by atoms with Crippen LogP contribution in [0.4, 0.5) is 4.39 Å². The molecule has 0 aliphatic heterocycles. The fraction of sp³-hybridized carbons (Fsp3) is 0.333. The average Bonchev–Trinajstić information content (AvgIpc) is 2.93. The van der Waals surface area contributed by atoms with Crippen molar-refractivity contribution < 1.29 is 9.13 Å². The molecule has 3 rings (SSSR count). The van der Waals surface area contributed by atoms with Crippen molar-refractivity contribution in [3.63, 3.8) is 0 Å². The van der Waals surface area contributed by atoms with Gasteiger partial charge in [-0.15, -0.1) is 0 Å². The van der Waals surface area contributed by atoms with Gasteiger partial charge in [-0.3, -0.25) is 9.97 Å². The van der Waals surface area contributed by atoms with Crippen LogP contribution in [0.25, 0.3) is 16.8 Å². The number of aromatic nitrogens is 5. The molecule has 0 aliphatic rings. The molecule has 0 amide bonds. The van der Waals surface area contributed by atoms with Crippen LogP contribution in [-0.2, 0) is 0 Å². The second-order valence-corrected chi connectivity index (χ2v) is 5.86. The Balaban J connectivity index is 2.29. The van der Waals surface area contributed by atoms with Gasteiger partial charge in [-0.2, -0.15) is 14.6 Å². The monoisotopic (exact) mass is 351 g/mol. The Kier molecular flexibility index (Phi) is 4.48. The largest absolute Gasteiger partial charge is 0.462 e. The number of rotatable bonds is 5. The number of nitrogens with zero attached hydrogens (tertiary/aromatic N) is 4. The van der Waals surface area contributed by atoms with Crippen LogP contribution >= 0.6 is 11.6 Å². The Labute approximate surface area is 141 Å². The molecule has 1 N–H and O–H groups in total. The van der Waals surface area contributed by atoms with Crippen LogP contribution in [-0.4, -0.2) is 37.8 Å². The van der Waals surface area contributed by atoms with E-state index < -0.39 is 12.4 Å². The molecule has 126 valence electrons. The summed E-state index contributed by atoms with van der Waals surface area (Å²) in [6.07, 6.45) is 3.14. The highest BCUT2D eigenvalue weighted by Gasteiger charge is 2.21. The number of hydrogen-bond donors (Lipinski definition) is 1. The first-order valence-corrected chi connectivity index (χ1v) is 7.71. The first-order valence-electron chi connectivity index (χ1n) is 7.34. The van der Waals surface area contributed by atoms with Gasteiger partial charge in [0.05, 0.1) is 16.3 Å². The van der Waals surface area contributed by atoms with Gasteiger partial charge in [-0.05, 0) is 12.0 Å². The van der Waals surface area contributed by atoms with Gasteiger partial charge >= 0.3 is 5.69 Å². The average molecular weight is 352 g/mol. The smallest absolute Gasteiger partial charge is 0.352 e. The molecule has 0 radical (unpaired) electrons. The number of ether oxygens (including phenoxy) is 1. The van der Waals surface area contributed by atoms with Gasteiger partial charge in [-0.1, -0.05) is 25.4 Å². The number of alkyl halides is 1. The molecule has 0 aliphatic carbocycles. The van der Waals surface area contributed by atoms with Crippen LogP contribution < -0.4 is 10.4 Å². The SMILES string of the molecule is CC(C)c1nn2c(=O)[nH]c(OCCF)nc2c1-c1cncc(Cl)c1. The summed E-state index contributed by atoms with van der Waals surface area (Å²) in [6, 6.07) is 1.67. The molecule has 0 saturated heterocycles. The lowest BCUT2D eigenvalue weighted by atomic mass is 10.0. The van der Waals surface area contributed by atoms with E-state index in [9.17, 15) is 9.18 Å². The standard InChI is InChI=1S/C15H15ClFN5O2/c1-8(2)12-11(9-5-10(16)7-18-6-9)13-19-14(24-4-3-17)20-15(23)22(13)21-12/h5-8H,3-4H2,1-2H3,(H,19,20,23). The highest BCUT2D eigenvalue weighted by molar-refractivity contribution is 6.30. The van der Waals surface area contributed by atoms with E-state index >= 15 is 0 Å². The maximum Gasteiger partial charge on any atom is 0.352 e. The lowest BCUT2D eigenvalue weighted by Gasteiger charge is -2.06. The van der Waals surface area contributed by atoms with E-state index in [0.717, 1.165) is 4.52 Å². The third-order valence-electron chi connectivity index (χ3n) is 3.36. The molecular formula is C15H15ClFN5O2. The minimum Gasteiger partial charge on any atom is -0.462 e. The van der Waals surface area contributed by atoms with Gasteiger partial charge in [0.15, 0.2) is 5.65 Å². The molecule has 24 heavy (non-hydrogen) atoms. The van der Waals surface area contributed by atoms with Crippen molar-refractivity contribution in [1.29, 1.82) is 0 Å². The van der Waals surface area contributed by atoms with Crippen molar-refractivity contribution in [2.24, 2.45) is 0 Å². The fourth-order valence-electron chi connectivity index (χ4n) is 2.37. The summed E-state index contributed by atoms with van der Waals surface area (Å²) in [4.78, 5) is 23.0. The van der Waals surface area contributed by atoms with E-state index in [1.807, 2.05) is 13.8 Å². The quantitative estimate of drug-likeness (QED) is 0.763. The normalized spacial score (nSPS) is 11.4. The van der Waals surface area contributed by atoms with Crippen LogP contribution in [0.5, 0.6) is 6.01 Å². The van der Waals surface area contributed by atoms with Crippen molar-refractivity contribution in [1.82, 2.24) is 24.6 Å². The molecule has 9 heteroatoms. The van der Waals surface area contributed by atoms with Gasteiger partial charge < -0.3 is 4.74 Å². The van der Waals surface area contributed by atoms with Crippen molar-refractivity contribution in [3.05, 3.63) is 39.7 Å². The first-order chi connectivity index (χ1) is 11.5. The third kappa shape index (κ3) is 2.96. The summed E-state index contributed by atoms with van der Waals surface area (Å²) in [6.45, 7) is 3.03. The predicted molar refractivity (Wildman–Crippen MR) is 87.4 cm³/mol. The molecule has 0 fully saturated rings. The Hall–Kier alpha value is -2.48. The van der Waals surface area contributed by atoms with Gasteiger partial charge in [0, 0.05) is 18.0 Å². The second kappa shape index (κ2) is 6.56. The number of fused-ring (bicyclic) bond motifs is 1. The Morgan fingerprint density at radius 2 is 2.21 bits per heavy atom. The molecular weight excluding hydrogens is 337 g/mol. The van der Waals surface area contributed by atoms with Crippen LogP contribution in [0, 0.1) is 0 Å². The molecule has 0 bridgehead atoms. The lowest BCUT2D eigenvalue weighted by molar-refractivity contribution is 0.253. The zero-order chi connectivity index (χ0) is 17.3. The molecule has 0 saturated carbocycles. The molecule has 0 atom stereocenters. The minimum atomic E-state index is -0.684. The van der Waals surface area contributed by atoms with Crippen molar-refractivity contribution in [3.8, 4) is 17.1 Å². The van der Waals surface area contributed by atoms with E-state index in [1.165, 1.54) is 6.20 Å². The zero-order valence-electron chi connectivity index (χ0n) is 13.1. The second-order valence-electron chi connectivity index (χ2n) is 5.43. The summed E-state index contributed by atoms with van der Waals surface area (Å²) in [5.41, 5.74) is 1.81. The van der Waals surface area contributed by atoms with E-state index in [-0.39, 0.29) is 18.5 Å². The fourth-order valence-corrected chi connectivity index (χ4v) is 2.55. The number of halogens is 2. The highest BCUT2D eigenvalue weighted by atomic mass is 35.5. The summed E-state index contributed by atoms with van der Waals surface area (Å²) in [5.74, 6) is 0.0373. The number of H-pyrrole nitrogens is 1. The maximum atomic E-state index is 12.3. The molecule has 3 aromatic rings. The van der Waals surface area contributed by atoms with Crippen molar-refractivity contribution >= 4 is 17.2 Å². The summed E-state index contributed by atoms with van der Waals surface area (Å²) in [7, 11) is 0. The lowest BCUT2D eigenvalue weighted by Crippen LogP contribution is -2.20. The summed E-state index contributed by atoms with van der Waals surface area (Å²) < 4.78 is 18.6. The Bertz CT molecular complexity index is 937. The van der Waals surface area contributed by atoms with E-state index in [1.54, 1.807) is 12.3 Å². The van der Waals surface area contributed by atoms with E-state index in [0.29, 0.717) is 27.5 Å². The summed E-state index contributed by atoms with van der Waals surface area (Å²) >= 11 is 6.03. The van der Waals surface area contributed by atoms with Crippen LogP contribution in [0.3, 0.4) is 0 Å². The first kappa shape index (κ1) is 16.4. The van der Waals surface area contributed by atoms with Gasteiger partial charge in [0.1, 0.15) is 13.3 Å². The topological polar surface area (TPSA) is 85.2 Å². The number of pyridine rings is 1. The van der Waals surface area contributed by atoms with Crippen LogP contribution in [0.2, 0.25) is 5.02 Å². The Morgan fingerprint density at radius 3 is 2.88 bits per heavy atom. The summed E-state index contributed by atoms with van der Waals surface area (Å²) in [5, 5.41) is 4.81. The molecule has 3 heterocycles. The molecule has 3 aromatic heterocycles. The number of aromatic amines is 1. The number of nitrogens with one attached hydrogen (secondary N) is 1. The Morgan fingerprint density at radius 1 is 1.42 bits per heavy atom. The molecule has 0 spiro atoms. The van der Waals surface area contributed by atoms with Crippen LogP contribution in [0.15, 0.2) is 23.3 Å². The van der Waals surface area contributed by atoms with Gasteiger partial charge in [-0.25, -0.2) is 9.18 Å². The molecule has 7 nitrogen and oxygen atoms in total. The van der Waals surface area contributed by atoms with Crippen LogP contribution in [0.1, 0.15) is 25.5 Å². The van der Waals surface area contributed by atoms with E-state index in [4.69, 9.17) is 16.3 Å². The predicted octanol–water partition coefficient (Wildman–Crippen LogP) is 2.60. The van der Waals surface area contributed by atoms with Gasteiger partial charge in [0.25, 0.3) is 6.01 Å². The number of hydrogen-bond acceptors (Lipinski definition) is 5. The van der Waals surface area contributed by atoms with Gasteiger partial charge in [0.2, 0.25) is 0 Å². The van der Waals surface area contributed by atoms with Crippen molar-refractivity contribution in [2.45, 2.75) is 19.8 Å².